The Morgan fingerprint density at radius 1 is 1.20 bits per heavy atom. The van der Waals surface area contributed by atoms with Crippen LogP contribution in [-0.2, 0) is 0 Å². The van der Waals surface area contributed by atoms with Gasteiger partial charge in [0.05, 0.1) is 0 Å². The summed E-state index contributed by atoms with van der Waals surface area (Å²) in [4.78, 5) is 8.07. The zero-order chi connectivity index (χ0) is 14.1. The molecule has 4 N–H and O–H groups in total. The van der Waals surface area contributed by atoms with E-state index in [-0.39, 0.29) is 12.4 Å². The van der Waals surface area contributed by atoms with Gasteiger partial charge in [-0.3, -0.25) is 0 Å². The number of rotatable bonds is 2. The number of aromatic nitrogens is 1. The van der Waals surface area contributed by atoms with Crippen molar-refractivity contribution in [3.05, 3.63) is 36.3 Å². The molecule has 1 aromatic heterocycles. The van der Waals surface area contributed by atoms with Gasteiger partial charge in [0.1, 0.15) is 12.4 Å². The summed E-state index contributed by atoms with van der Waals surface area (Å²) in [6.45, 7) is 0.138. The fraction of sp³-hybridized carbons (Fsp3) is 0.0769. The Kier molecular flexibility index (Phi) is 2.86. The number of ether oxygens (including phenoxy) is 2. The standard InChI is InChI=1S/C13H11FN4O2/c14-8-5-7(15)1-2-9(8)20-10-3-4-17-13-12(10)19-6-11(16)18-13/h1-5H,6,15H2,(H2,16,17,18). The van der Waals surface area contributed by atoms with Gasteiger partial charge in [-0.05, 0) is 12.1 Å². The van der Waals surface area contributed by atoms with E-state index in [2.05, 4.69) is 9.98 Å². The van der Waals surface area contributed by atoms with Crippen LogP contribution >= 0.6 is 0 Å². The van der Waals surface area contributed by atoms with Crippen LogP contribution in [0.25, 0.3) is 0 Å². The zero-order valence-corrected chi connectivity index (χ0v) is 10.3. The smallest absolute Gasteiger partial charge is 0.207 e. The molecule has 0 saturated carbocycles. The SMILES string of the molecule is NC1=Nc2nccc(Oc3ccc(N)cc3F)c2OC1. The van der Waals surface area contributed by atoms with Crippen molar-refractivity contribution in [2.45, 2.75) is 0 Å². The third kappa shape index (κ3) is 2.20. The molecule has 0 amide bonds. The predicted octanol–water partition coefficient (Wildman–Crippen LogP) is 1.98. The molecule has 0 radical (unpaired) electrons. The first-order chi connectivity index (χ1) is 9.63. The molecule has 0 unspecified atom stereocenters. The summed E-state index contributed by atoms with van der Waals surface area (Å²) in [7, 11) is 0. The molecule has 102 valence electrons. The average Bonchev–Trinajstić information content (AvgIpc) is 2.41. The van der Waals surface area contributed by atoms with Crippen LogP contribution in [0.15, 0.2) is 35.5 Å². The monoisotopic (exact) mass is 274 g/mol. The number of amidine groups is 1. The van der Waals surface area contributed by atoms with E-state index < -0.39 is 5.82 Å². The third-order valence-corrected chi connectivity index (χ3v) is 2.64. The topological polar surface area (TPSA) is 95.8 Å². The van der Waals surface area contributed by atoms with E-state index in [0.29, 0.717) is 28.8 Å². The maximum absolute atomic E-state index is 13.7. The first-order valence-corrected chi connectivity index (χ1v) is 5.81. The van der Waals surface area contributed by atoms with Gasteiger partial charge in [0.15, 0.2) is 17.3 Å². The maximum atomic E-state index is 13.7. The van der Waals surface area contributed by atoms with Crippen LogP contribution in [0.2, 0.25) is 0 Å². The van der Waals surface area contributed by atoms with Gasteiger partial charge in [-0.2, -0.15) is 0 Å². The molecule has 0 bridgehead atoms. The van der Waals surface area contributed by atoms with Crippen molar-refractivity contribution >= 4 is 17.3 Å². The lowest BCUT2D eigenvalue weighted by atomic mass is 10.3. The lowest BCUT2D eigenvalue weighted by molar-refractivity contribution is 0.340. The van der Waals surface area contributed by atoms with E-state index in [1.54, 1.807) is 12.1 Å². The van der Waals surface area contributed by atoms with Crippen LogP contribution in [-0.4, -0.2) is 17.4 Å². The number of fused-ring (bicyclic) bond motifs is 1. The van der Waals surface area contributed by atoms with Crippen LogP contribution in [0.3, 0.4) is 0 Å². The zero-order valence-electron chi connectivity index (χ0n) is 10.3. The van der Waals surface area contributed by atoms with Crippen LogP contribution in [0.1, 0.15) is 0 Å². The van der Waals surface area contributed by atoms with Gasteiger partial charge in [-0.25, -0.2) is 14.4 Å². The van der Waals surface area contributed by atoms with Gasteiger partial charge in [0, 0.05) is 24.0 Å². The summed E-state index contributed by atoms with van der Waals surface area (Å²) >= 11 is 0. The summed E-state index contributed by atoms with van der Waals surface area (Å²) in [6.07, 6.45) is 1.48. The van der Waals surface area contributed by atoms with Crippen molar-refractivity contribution in [1.29, 1.82) is 0 Å². The number of hydrogen-bond donors (Lipinski definition) is 2. The second kappa shape index (κ2) is 4.69. The number of hydrogen-bond acceptors (Lipinski definition) is 6. The predicted molar refractivity (Wildman–Crippen MR) is 71.9 cm³/mol. The largest absolute Gasteiger partial charge is 0.478 e. The lowest BCUT2D eigenvalue weighted by Crippen LogP contribution is -2.23. The number of aliphatic imine (C=N–C) groups is 1. The van der Waals surface area contributed by atoms with Crippen molar-refractivity contribution in [2.75, 3.05) is 12.3 Å². The summed E-state index contributed by atoms with van der Waals surface area (Å²) in [5.74, 6) is 0.754. The van der Waals surface area contributed by atoms with E-state index in [1.807, 2.05) is 0 Å². The molecule has 1 aromatic carbocycles. The first-order valence-electron chi connectivity index (χ1n) is 5.81. The second-order valence-corrected chi connectivity index (χ2v) is 4.15. The summed E-state index contributed by atoms with van der Waals surface area (Å²) in [5, 5.41) is 0. The normalized spacial score (nSPS) is 13.2. The van der Waals surface area contributed by atoms with Crippen LogP contribution in [0.4, 0.5) is 15.9 Å². The fourth-order valence-electron chi connectivity index (χ4n) is 1.75. The van der Waals surface area contributed by atoms with Gasteiger partial charge in [-0.1, -0.05) is 0 Å². The Hall–Kier alpha value is -2.83. The molecule has 6 nitrogen and oxygen atoms in total. The number of nitrogens with two attached hydrogens (primary N) is 2. The highest BCUT2D eigenvalue weighted by Crippen LogP contribution is 2.40. The number of nitrogens with zero attached hydrogens (tertiary/aromatic N) is 2. The molecular weight excluding hydrogens is 263 g/mol. The van der Waals surface area contributed by atoms with Gasteiger partial charge in [0.25, 0.3) is 0 Å². The molecule has 7 heteroatoms. The van der Waals surface area contributed by atoms with Crippen molar-refractivity contribution in [1.82, 2.24) is 4.98 Å². The number of anilines is 1. The quantitative estimate of drug-likeness (QED) is 0.816. The molecule has 2 aromatic rings. The minimum atomic E-state index is -0.561. The van der Waals surface area contributed by atoms with Crippen molar-refractivity contribution in [3.63, 3.8) is 0 Å². The minimum absolute atomic E-state index is 0.0405. The van der Waals surface area contributed by atoms with E-state index in [1.165, 1.54) is 18.3 Å². The number of pyridine rings is 1. The molecule has 1 aliphatic rings. The molecule has 2 heterocycles. The number of halogens is 1. The highest BCUT2D eigenvalue weighted by atomic mass is 19.1. The van der Waals surface area contributed by atoms with E-state index in [9.17, 15) is 4.39 Å². The molecule has 20 heavy (non-hydrogen) atoms. The Bertz CT molecular complexity index is 703. The highest BCUT2D eigenvalue weighted by Gasteiger charge is 2.19. The fourth-order valence-corrected chi connectivity index (χ4v) is 1.75. The van der Waals surface area contributed by atoms with E-state index in [0.717, 1.165) is 0 Å². The first kappa shape index (κ1) is 12.2. The highest BCUT2D eigenvalue weighted by molar-refractivity contribution is 5.87. The van der Waals surface area contributed by atoms with Crippen molar-refractivity contribution in [3.8, 4) is 17.2 Å². The second-order valence-electron chi connectivity index (χ2n) is 4.15. The maximum Gasteiger partial charge on any atom is 0.207 e. The van der Waals surface area contributed by atoms with Crippen molar-refractivity contribution in [2.24, 2.45) is 10.7 Å². The van der Waals surface area contributed by atoms with Gasteiger partial charge >= 0.3 is 0 Å². The van der Waals surface area contributed by atoms with Crippen LogP contribution in [0, 0.1) is 5.82 Å². The molecule has 0 spiro atoms. The molecule has 0 aliphatic carbocycles. The average molecular weight is 274 g/mol. The number of nitrogen functional groups attached to an aromatic ring is 1. The molecule has 0 fully saturated rings. The van der Waals surface area contributed by atoms with Crippen LogP contribution in [0.5, 0.6) is 17.2 Å². The van der Waals surface area contributed by atoms with Crippen LogP contribution < -0.4 is 20.9 Å². The Morgan fingerprint density at radius 2 is 2.05 bits per heavy atom. The number of benzene rings is 1. The summed E-state index contributed by atoms with van der Waals surface area (Å²) in [6, 6.07) is 5.73. The molecule has 0 saturated heterocycles. The van der Waals surface area contributed by atoms with Gasteiger partial charge in [0.2, 0.25) is 11.6 Å². The Labute approximate surface area is 113 Å². The molecule has 1 aliphatic heterocycles. The molecule has 0 atom stereocenters. The third-order valence-electron chi connectivity index (χ3n) is 2.64. The van der Waals surface area contributed by atoms with E-state index >= 15 is 0 Å². The molecular formula is C13H11FN4O2. The van der Waals surface area contributed by atoms with Crippen molar-refractivity contribution < 1.29 is 13.9 Å². The molecule has 3 rings (SSSR count). The van der Waals surface area contributed by atoms with Gasteiger partial charge in [-0.15, -0.1) is 0 Å². The summed E-state index contributed by atoms with van der Waals surface area (Å²) < 4.78 is 24.6. The van der Waals surface area contributed by atoms with Gasteiger partial charge < -0.3 is 20.9 Å². The Morgan fingerprint density at radius 3 is 2.85 bits per heavy atom. The Balaban J connectivity index is 1.98. The summed E-state index contributed by atoms with van der Waals surface area (Å²) in [5.41, 5.74) is 11.4. The van der Waals surface area contributed by atoms with E-state index in [4.69, 9.17) is 20.9 Å². The lowest BCUT2D eigenvalue weighted by Gasteiger charge is -2.17. The minimum Gasteiger partial charge on any atom is -0.478 e.